The van der Waals surface area contributed by atoms with E-state index >= 15 is 0 Å². The van der Waals surface area contributed by atoms with Crippen LogP contribution < -0.4 is 5.32 Å². The predicted molar refractivity (Wildman–Crippen MR) is 101 cm³/mol. The van der Waals surface area contributed by atoms with Gasteiger partial charge in [-0.3, -0.25) is 9.69 Å². The number of anilines is 1. The van der Waals surface area contributed by atoms with E-state index in [0.29, 0.717) is 22.3 Å². The average Bonchev–Trinajstić information content (AvgIpc) is 2.49. The first-order valence-corrected chi connectivity index (χ1v) is 10.0. The van der Waals surface area contributed by atoms with E-state index < -0.39 is 9.84 Å². The summed E-state index contributed by atoms with van der Waals surface area (Å²) in [6.45, 7) is 0.606. The monoisotopic (exact) mass is 400 g/mol. The molecule has 1 amide bonds. The maximum atomic E-state index is 12.2. The van der Waals surface area contributed by atoms with Gasteiger partial charge in [-0.15, -0.1) is 0 Å². The Morgan fingerprint density at radius 3 is 2.52 bits per heavy atom. The van der Waals surface area contributed by atoms with Crippen LogP contribution in [0.1, 0.15) is 5.56 Å². The highest BCUT2D eigenvalue weighted by Gasteiger charge is 2.12. The van der Waals surface area contributed by atoms with Gasteiger partial charge in [-0.1, -0.05) is 35.3 Å². The molecule has 0 saturated heterocycles. The third-order valence-corrected chi connectivity index (χ3v) is 5.11. The van der Waals surface area contributed by atoms with E-state index in [1.54, 1.807) is 36.2 Å². The van der Waals surface area contributed by atoms with Gasteiger partial charge in [-0.05, 0) is 42.9 Å². The molecule has 0 aromatic heterocycles. The Balaban J connectivity index is 1.98. The van der Waals surface area contributed by atoms with Crippen LogP contribution in [0, 0.1) is 0 Å². The minimum Gasteiger partial charge on any atom is -0.325 e. The second-order valence-corrected chi connectivity index (χ2v) is 8.62. The van der Waals surface area contributed by atoms with Gasteiger partial charge in [-0.25, -0.2) is 8.42 Å². The number of amides is 1. The predicted octanol–water partition coefficient (Wildman–Crippen LogP) is 3.47. The van der Waals surface area contributed by atoms with Crippen molar-refractivity contribution in [2.45, 2.75) is 11.4 Å². The van der Waals surface area contributed by atoms with Crippen LogP contribution in [0.15, 0.2) is 47.4 Å². The number of hydrogen-bond donors (Lipinski definition) is 1. The van der Waals surface area contributed by atoms with Gasteiger partial charge in [0.05, 0.1) is 11.4 Å². The second kappa shape index (κ2) is 8.19. The van der Waals surface area contributed by atoms with Crippen molar-refractivity contribution in [3.63, 3.8) is 0 Å². The normalized spacial score (nSPS) is 11.6. The highest BCUT2D eigenvalue weighted by molar-refractivity contribution is 7.90. The summed E-state index contributed by atoms with van der Waals surface area (Å²) in [5, 5.41) is 3.79. The smallest absolute Gasteiger partial charge is 0.238 e. The Bertz CT molecular complexity index is 885. The van der Waals surface area contributed by atoms with Gasteiger partial charge >= 0.3 is 0 Å². The molecule has 0 radical (unpaired) electrons. The van der Waals surface area contributed by atoms with Gasteiger partial charge in [0.2, 0.25) is 5.91 Å². The number of carbonyl (C=O) groups excluding carboxylic acids is 1. The molecule has 25 heavy (non-hydrogen) atoms. The molecular formula is C17H18Cl2N2O3S. The molecule has 5 nitrogen and oxygen atoms in total. The van der Waals surface area contributed by atoms with Gasteiger partial charge in [0.1, 0.15) is 0 Å². The molecule has 0 saturated carbocycles. The van der Waals surface area contributed by atoms with Gasteiger partial charge in [0, 0.05) is 28.5 Å². The lowest BCUT2D eigenvalue weighted by molar-refractivity contribution is -0.117. The molecule has 0 aliphatic heterocycles. The zero-order valence-electron chi connectivity index (χ0n) is 13.8. The van der Waals surface area contributed by atoms with Crippen molar-refractivity contribution >= 4 is 44.6 Å². The number of likely N-dealkylation sites (N-methyl/N-ethyl adjacent to an activating group) is 1. The fourth-order valence-corrected chi connectivity index (χ4v) is 3.38. The van der Waals surface area contributed by atoms with Crippen LogP contribution in [0.3, 0.4) is 0 Å². The van der Waals surface area contributed by atoms with Crippen molar-refractivity contribution in [3.05, 3.63) is 58.1 Å². The van der Waals surface area contributed by atoms with E-state index in [2.05, 4.69) is 5.32 Å². The lowest BCUT2D eigenvalue weighted by Gasteiger charge is -2.17. The molecule has 2 aromatic rings. The first kappa shape index (κ1) is 19.7. The molecule has 0 heterocycles. The summed E-state index contributed by atoms with van der Waals surface area (Å²) in [7, 11) is -1.53. The molecule has 0 aliphatic carbocycles. The number of nitrogens with zero attached hydrogens (tertiary/aromatic N) is 1. The van der Waals surface area contributed by atoms with E-state index in [4.69, 9.17) is 23.2 Å². The van der Waals surface area contributed by atoms with E-state index in [-0.39, 0.29) is 17.3 Å². The average molecular weight is 401 g/mol. The number of hydrogen-bond acceptors (Lipinski definition) is 4. The molecule has 0 unspecified atom stereocenters. The molecule has 0 bridgehead atoms. The van der Waals surface area contributed by atoms with Gasteiger partial charge in [-0.2, -0.15) is 0 Å². The van der Waals surface area contributed by atoms with Crippen molar-refractivity contribution in [2.24, 2.45) is 0 Å². The van der Waals surface area contributed by atoms with Crippen molar-refractivity contribution in [1.29, 1.82) is 0 Å². The van der Waals surface area contributed by atoms with E-state index in [1.807, 2.05) is 6.07 Å². The van der Waals surface area contributed by atoms with E-state index in [0.717, 1.165) is 11.8 Å². The number of carbonyl (C=O) groups is 1. The van der Waals surface area contributed by atoms with Gasteiger partial charge < -0.3 is 5.32 Å². The maximum Gasteiger partial charge on any atom is 0.238 e. The molecule has 8 heteroatoms. The highest BCUT2D eigenvalue weighted by atomic mass is 35.5. The lowest BCUT2D eigenvalue weighted by atomic mass is 10.2. The third kappa shape index (κ3) is 6.01. The Morgan fingerprint density at radius 2 is 1.88 bits per heavy atom. The first-order valence-electron chi connectivity index (χ1n) is 7.37. The number of rotatable bonds is 6. The summed E-state index contributed by atoms with van der Waals surface area (Å²) in [5.74, 6) is -0.252. The van der Waals surface area contributed by atoms with Crippen LogP contribution in [-0.4, -0.2) is 39.1 Å². The first-order chi connectivity index (χ1) is 11.6. The van der Waals surface area contributed by atoms with Crippen LogP contribution in [0.25, 0.3) is 0 Å². The van der Waals surface area contributed by atoms with Gasteiger partial charge in [0.15, 0.2) is 9.84 Å². The highest BCUT2D eigenvalue weighted by Crippen LogP contribution is 2.22. The van der Waals surface area contributed by atoms with Crippen molar-refractivity contribution in [1.82, 2.24) is 4.90 Å². The molecule has 134 valence electrons. The standard InChI is InChI=1S/C17H18Cl2N2O3S/c1-21(10-12-6-7-13(18)8-16(12)19)11-17(22)20-14-4-3-5-15(9-14)25(2,23)24/h3-9H,10-11H2,1-2H3,(H,20,22). The van der Waals surface area contributed by atoms with Gasteiger partial charge in [0.25, 0.3) is 0 Å². The lowest BCUT2D eigenvalue weighted by Crippen LogP contribution is -2.30. The van der Waals surface area contributed by atoms with Crippen LogP contribution in [0.4, 0.5) is 5.69 Å². The van der Waals surface area contributed by atoms with Crippen LogP contribution in [-0.2, 0) is 21.2 Å². The minimum atomic E-state index is -3.32. The van der Waals surface area contributed by atoms with Crippen molar-refractivity contribution in [2.75, 3.05) is 25.2 Å². The zero-order valence-corrected chi connectivity index (χ0v) is 16.1. The molecule has 2 aromatic carbocycles. The topological polar surface area (TPSA) is 66.5 Å². The largest absolute Gasteiger partial charge is 0.325 e. The Hall–Kier alpha value is -1.60. The maximum absolute atomic E-state index is 12.2. The van der Waals surface area contributed by atoms with Crippen LogP contribution in [0.5, 0.6) is 0 Å². The molecule has 0 spiro atoms. The van der Waals surface area contributed by atoms with E-state index in [1.165, 1.54) is 12.1 Å². The second-order valence-electron chi connectivity index (χ2n) is 5.76. The van der Waals surface area contributed by atoms with Crippen LogP contribution in [0.2, 0.25) is 10.0 Å². The van der Waals surface area contributed by atoms with Crippen molar-refractivity contribution < 1.29 is 13.2 Å². The fourth-order valence-electron chi connectivity index (χ4n) is 2.25. The number of benzene rings is 2. The number of nitrogens with one attached hydrogen (secondary N) is 1. The SMILES string of the molecule is CN(CC(=O)Nc1cccc(S(C)(=O)=O)c1)Cc1ccc(Cl)cc1Cl. The Labute approximate surface area is 157 Å². The molecule has 2 rings (SSSR count). The number of halogens is 2. The molecular weight excluding hydrogens is 383 g/mol. The Kier molecular flexibility index (Phi) is 6.46. The molecule has 1 N–H and O–H groups in total. The van der Waals surface area contributed by atoms with Crippen molar-refractivity contribution in [3.8, 4) is 0 Å². The third-order valence-electron chi connectivity index (χ3n) is 3.41. The summed E-state index contributed by atoms with van der Waals surface area (Å²) in [6.07, 6.45) is 1.12. The summed E-state index contributed by atoms with van der Waals surface area (Å²) in [5.41, 5.74) is 1.30. The minimum absolute atomic E-state index is 0.127. The van der Waals surface area contributed by atoms with E-state index in [9.17, 15) is 13.2 Å². The summed E-state index contributed by atoms with van der Waals surface area (Å²) < 4.78 is 23.1. The number of sulfone groups is 1. The summed E-state index contributed by atoms with van der Waals surface area (Å²) in [6, 6.07) is 11.4. The zero-order chi connectivity index (χ0) is 18.6. The molecule has 0 aliphatic rings. The Morgan fingerprint density at radius 1 is 1.16 bits per heavy atom. The summed E-state index contributed by atoms with van der Waals surface area (Å²) >= 11 is 12.0. The molecule has 0 fully saturated rings. The fraction of sp³-hybridized carbons (Fsp3) is 0.235. The summed E-state index contributed by atoms with van der Waals surface area (Å²) in [4.78, 5) is 14.1. The quantitative estimate of drug-likeness (QED) is 0.805. The molecule has 0 atom stereocenters. The van der Waals surface area contributed by atoms with Crippen LogP contribution >= 0.6 is 23.2 Å².